The number of hydrogen-bond acceptors (Lipinski definition) is 3. The third kappa shape index (κ3) is 3.46. The average Bonchev–Trinajstić information content (AvgIpc) is 2.40. The third-order valence-corrected chi connectivity index (χ3v) is 4.49. The van der Waals surface area contributed by atoms with Gasteiger partial charge >= 0.3 is 0 Å². The Morgan fingerprint density at radius 3 is 2.75 bits per heavy atom. The van der Waals surface area contributed by atoms with Gasteiger partial charge in [0, 0.05) is 42.4 Å². The van der Waals surface area contributed by atoms with Gasteiger partial charge in [0.1, 0.15) is 0 Å². The van der Waals surface area contributed by atoms with Crippen molar-refractivity contribution in [2.45, 2.75) is 39.3 Å². The van der Waals surface area contributed by atoms with Crippen molar-refractivity contribution >= 4 is 17.3 Å². The van der Waals surface area contributed by atoms with Crippen LogP contribution in [0.15, 0.2) is 18.2 Å². The van der Waals surface area contributed by atoms with Gasteiger partial charge in [0.15, 0.2) is 0 Å². The van der Waals surface area contributed by atoms with E-state index in [1.165, 1.54) is 11.3 Å². The van der Waals surface area contributed by atoms with E-state index in [9.17, 15) is 0 Å². The van der Waals surface area contributed by atoms with E-state index >= 15 is 0 Å². The molecule has 0 radical (unpaired) electrons. The number of benzene rings is 1. The molecule has 0 bridgehead atoms. The van der Waals surface area contributed by atoms with Crippen molar-refractivity contribution in [2.24, 2.45) is 5.73 Å². The molecule has 1 aliphatic heterocycles. The van der Waals surface area contributed by atoms with Crippen LogP contribution in [-0.2, 0) is 6.42 Å². The van der Waals surface area contributed by atoms with Crippen molar-refractivity contribution in [1.82, 2.24) is 4.90 Å². The Labute approximate surface area is 127 Å². The first kappa shape index (κ1) is 15.6. The molecule has 2 unspecified atom stereocenters. The number of likely N-dealkylation sites (N-methyl/N-ethyl adjacent to an activating group) is 1. The molecule has 3 nitrogen and oxygen atoms in total. The minimum absolute atomic E-state index is 0.128. The predicted molar refractivity (Wildman–Crippen MR) is 87.7 cm³/mol. The summed E-state index contributed by atoms with van der Waals surface area (Å²) < 4.78 is 0. The molecule has 1 aromatic carbocycles. The van der Waals surface area contributed by atoms with Gasteiger partial charge in [-0.1, -0.05) is 24.6 Å². The summed E-state index contributed by atoms with van der Waals surface area (Å²) in [5, 5.41) is 0.838. The van der Waals surface area contributed by atoms with Gasteiger partial charge in [-0.15, -0.1) is 0 Å². The maximum atomic E-state index is 6.39. The number of rotatable bonds is 4. The summed E-state index contributed by atoms with van der Waals surface area (Å²) in [7, 11) is 0. The van der Waals surface area contributed by atoms with Crippen molar-refractivity contribution in [1.29, 1.82) is 0 Å². The zero-order valence-corrected chi connectivity index (χ0v) is 13.5. The molecule has 0 aromatic heterocycles. The molecule has 2 N–H and O–H groups in total. The Balaban J connectivity index is 2.22. The number of hydrogen-bond donors (Lipinski definition) is 1. The maximum absolute atomic E-state index is 6.39. The molecule has 0 saturated carbocycles. The number of nitrogens with zero attached hydrogens (tertiary/aromatic N) is 2. The smallest absolute Gasteiger partial charge is 0.0459 e. The minimum atomic E-state index is 0.128. The van der Waals surface area contributed by atoms with Gasteiger partial charge in [-0.05, 0) is 44.5 Å². The van der Waals surface area contributed by atoms with Gasteiger partial charge in [0.25, 0.3) is 0 Å². The SMILES string of the molecule is CCN1CCN(c2cccc(Cl)c2CC(C)N)CC1C. The normalized spacial score (nSPS) is 22.1. The van der Waals surface area contributed by atoms with Crippen LogP contribution in [0.4, 0.5) is 5.69 Å². The molecular formula is C16H26ClN3. The van der Waals surface area contributed by atoms with Crippen LogP contribution in [0.5, 0.6) is 0 Å². The van der Waals surface area contributed by atoms with E-state index in [2.05, 4.69) is 29.7 Å². The highest BCUT2D eigenvalue weighted by Gasteiger charge is 2.24. The Morgan fingerprint density at radius 1 is 1.40 bits per heavy atom. The van der Waals surface area contributed by atoms with Crippen LogP contribution in [0, 0.1) is 0 Å². The molecule has 2 rings (SSSR count). The first-order chi connectivity index (χ1) is 9.52. The van der Waals surface area contributed by atoms with Crippen molar-refractivity contribution in [3.63, 3.8) is 0 Å². The van der Waals surface area contributed by atoms with Gasteiger partial charge < -0.3 is 10.6 Å². The molecule has 0 aliphatic carbocycles. The molecule has 1 fully saturated rings. The molecule has 112 valence electrons. The Bertz CT molecular complexity index is 447. The van der Waals surface area contributed by atoms with Crippen LogP contribution in [0.3, 0.4) is 0 Å². The molecule has 2 atom stereocenters. The van der Waals surface area contributed by atoms with Crippen LogP contribution < -0.4 is 10.6 Å². The summed E-state index contributed by atoms with van der Waals surface area (Å²) in [6.45, 7) is 10.9. The summed E-state index contributed by atoms with van der Waals surface area (Å²) >= 11 is 6.39. The summed E-state index contributed by atoms with van der Waals surface area (Å²) in [5.74, 6) is 0. The van der Waals surface area contributed by atoms with Crippen LogP contribution >= 0.6 is 11.6 Å². The van der Waals surface area contributed by atoms with Crippen molar-refractivity contribution in [2.75, 3.05) is 31.1 Å². The van der Waals surface area contributed by atoms with E-state index in [-0.39, 0.29) is 6.04 Å². The summed E-state index contributed by atoms with van der Waals surface area (Å²) in [5.41, 5.74) is 8.43. The second-order valence-electron chi connectivity index (χ2n) is 5.84. The zero-order chi connectivity index (χ0) is 14.7. The Kier molecular flexibility index (Phi) is 5.30. The van der Waals surface area contributed by atoms with Crippen molar-refractivity contribution < 1.29 is 0 Å². The summed E-state index contributed by atoms with van der Waals surface area (Å²) in [6.07, 6.45) is 0.831. The monoisotopic (exact) mass is 295 g/mol. The molecule has 0 amide bonds. The lowest BCUT2D eigenvalue weighted by molar-refractivity contribution is 0.199. The fraction of sp³-hybridized carbons (Fsp3) is 0.625. The molecule has 4 heteroatoms. The standard InChI is InChI=1S/C16H26ClN3/c1-4-19-8-9-20(11-13(19)3)16-7-5-6-15(17)14(16)10-12(2)18/h5-7,12-13H,4,8-11,18H2,1-3H3. The van der Waals surface area contributed by atoms with Gasteiger partial charge in [-0.3, -0.25) is 4.90 Å². The quantitative estimate of drug-likeness (QED) is 0.927. The van der Waals surface area contributed by atoms with Gasteiger partial charge in [-0.2, -0.15) is 0 Å². The molecule has 1 heterocycles. The van der Waals surface area contributed by atoms with E-state index in [0.29, 0.717) is 6.04 Å². The Morgan fingerprint density at radius 2 is 2.15 bits per heavy atom. The number of anilines is 1. The number of nitrogens with two attached hydrogens (primary N) is 1. The molecule has 1 aromatic rings. The molecule has 1 aliphatic rings. The van der Waals surface area contributed by atoms with E-state index in [0.717, 1.165) is 37.6 Å². The second kappa shape index (κ2) is 6.79. The number of halogens is 1. The zero-order valence-electron chi connectivity index (χ0n) is 12.8. The second-order valence-corrected chi connectivity index (χ2v) is 6.25. The number of piperazine rings is 1. The van der Waals surface area contributed by atoms with Crippen LogP contribution in [0.25, 0.3) is 0 Å². The average molecular weight is 296 g/mol. The summed E-state index contributed by atoms with van der Waals surface area (Å²) in [6, 6.07) is 6.89. The van der Waals surface area contributed by atoms with E-state index in [1.54, 1.807) is 0 Å². The van der Waals surface area contributed by atoms with E-state index in [4.69, 9.17) is 17.3 Å². The topological polar surface area (TPSA) is 32.5 Å². The molecule has 0 spiro atoms. The van der Waals surface area contributed by atoms with Crippen molar-refractivity contribution in [3.8, 4) is 0 Å². The molecule has 1 saturated heterocycles. The highest BCUT2D eigenvalue weighted by atomic mass is 35.5. The van der Waals surface area contributed by atoms with Gasteiger partial charge in [0.05, 0.1) is 0 Å². The highest BCUT2D eigenvalue weighted by molar-refractivity contribution is 6.31. The lowest BCUT2D eigenvalue weighted by atomic mass is 10.0. The predicted octanol–water partition coefficient (Wildman–Crippen LogP) is 2.76. The van der Waals surface area contributed by atoms with Crippen LogP contribution in [0.1, 0.15) is 26.3 Å². The fourth-order valence-corrected chi connectivity index (χ4v) is 3.30. The molecule has 20 heavy (non-hydrogen) atoms. The lowest BCUT2D eigenvalue weighted by Crippen LogP contribution is -2.52. The lowest BCUT2D eigenvalue weighted by Gasteiger charge is -2.41. The van der Waals surface area contributed by atoms with Gasteiger partial charge in [0.2, 0.25) is 0 Å². The minimum Gasteiger partial charge on any atom is -0.368 e. The van der Waals surface area contributed by atoms with Crippen LogP contribution in [0.2, 0.25) is 5.02 Å². The van der Waals surface area contributed by atoms with Crippen molar-refractivity contribution in [3.05, 3.63) is 28.8 Å². The summed E-state index contributed by atoms with van der Waals surface area (Å²) in [4.78, 5) is 4.98. The largest absolute Gasteiger partial charge is 0.368 e. The maximum Gasteiger partial charge on any atom is 0.0459 e. The van der Waals surface area contributed by atoms with E-state index < -0.39 is 0 Å². The highest BCUT2D eigenvalue weighted by Crippen LogP contribution is 2.30. The fourth-order valence-electron chi connectivity index (χ4n) is 3.05. The van der Waals surface area contributed by atoms with E-state index in [1.807, 2.05) is 19.1 Å². The molecular weight excluding hydrogens is 270 g/mol. The first-order valence-electron chi connectivity index (χ1n) is 7.54. The van der Waals surface area contributed by atoms with Gasteiger partial charge in [-0.25, -0.2) is 0 Å². The Hall–Kier alpha value is -0.770. The first-order valence-corrected chi connectivity index (χ1v) is 7.92. The third-order valence-electron chi connectivity index (χ3n) is 4.13. The van der Waals surface area contributed by atoms with Crippen LogP contribution in [-0.4, -0.2) is 43.2 Å².